The average Bonchev–Trinajstić information content (AvgIpc) is 2.64. The quantitative estimate of drug-likeness (QED) is 0.599. The Morgan fingerprint density at radius 1 is 0.846 bits per heavy atom. The molecule has 2 amide bonds. The summed E-state index contributed by atoms with van der Waals surface area (Å²) >= 11 is 5.99. The van der Waals surface area contributed by atoms with Gasteiger partial charge in [-0.3, -0.25) is 0 Å². The number of hydrogen-bond donors (Lipinski definition) is 2. The van der Waals surface area contributed by atoms with Gasteiger partial charge in [0.1, 0.15) is 11.5 Å². The number of para-hydroxylation sites is 3. The SMILES string of the molecule is COc1ccc(Cl)cc1NC(=O)Nc1ccccc1Oc1ccccc1. The molecule has 6 heteroatoms. The fourth-order valence-electron chi connectivity index (χ4n) is 2.33. The molecule has 0 radical (unpaired) electrons. The molecule has 0 aliphatic rings. The summed E-state index contributed by atoms with van der Waals surface area (Å²) in [5.41, 5.74) is 1.01. The van der Waals surface area contributed by atoms with Crippen molar-refractivity contribution in [1.29, 1.82) is 0 Å². The molecule has 0 unspecified atom stereocenters. The minimum atomic E-state index is -0.435. The van der Waals surface area contributed by atoms with Crippen LogP contribution in [0.5, 0.6) is 17.2 Å². The number of benzene rings is 3. The topological polar surface area (TPSA) is 59.6 Å². The lowest BCUT2D eigenvalue weighted by atomic mass is 10.2. The van der Waals surface area contributed by atoms with Gasteiger partial charge in [0.2, 0.25) is 0 Å². The Kier molecular flexibility index (Phi) is 5.61. The number of ether oxygens (including phenoxy) is 2. The molecule has 3 aromatic carbocycles. The van der Waals surface area contributed by atoms with E-state index in [9.17, 15) is 4.79 Å². The molecule has 0 aliphatic heterocycles. The molecule has 0 saturated carbocycles. The van der Waals surface area contributed by atoms with Crippen molar-refractivity contribution in [1.82, 2.24) is 0 Å². The second-order valence-corrected chi connectivity index (χ2v) is 5.77. The largest absolute Gasteiger partial charge is 0.495 e. The predicted octanol–water partition coefficient (Wildman–Crippen LogP) is 5.78. The van der Waals surface area contributed by atoms with E-state index in [2.05, 4.69) is 10.6 Å². The Hall–Kier alpha value is -3.18. The molecule has 0 aliphatic carbocycles. The molecule has 2 N–H and O–H groups in total. The Morgan fingerprint density at radius 2 is 1.54 bits per heavy atom. The molecule has 0 spiro atoms. The number of carbonyl (C=O) groups excluding carboxylic acids is 1. The molecule has 0 atom stereocenters. The van der Waals surface area contributed by atoms with Crippen LogP contribution in [0.2, 0.25) is 5.02 Å². The van der Waals surface area contributed by atoms with Gasteiger partial charge in [-0.25, -0.2) is 4.79 Å². The predicted molar refractivity (Wildman–Crippen MR) is 104 cm³/mol. The molecular formula is C20H17ClN2O3. The van der Waals surface area contributed by atoms with E-state index in [4.69, 9.17) is 21.1 Å². The zero-order valence-electron chi connectivity index (χ0n) is 14.0. The first kappa shape index (κ1) is 17.6. The maximum Gasteiger partial charge on any atom is 0.323 e. The smallest absolute Gasteiger partial charge is 0.323 e. The molecule has 3 rings (SSSR count). The van der Waals surface area contributed by atoms with E-state index in [1.165, 1.54) is 7.11 Å². The highest BCUT2D eigenvalue weighted by molar-refractivity contribution is 6.31. The van der Waals surface area contributed by atoms with Gasteiger partial charge >= 0.3 is 6.03 Å². The van der Waals surface area contributed by atoms with Crippen molar-refractivity contribution in [3.8, 4) is 17.2 Å². The third kappa shape index (κ3) is 4.46. The van der Waals surface area contributed by atoms with E-state index >= 15 is 0 Å². The van der Waals surface area contributed by atoms with Gasteiger partial charge in [-0.2, -0.15) is 0 Å². The van der Waals surface area contributed by atoms with Crippen molar-refractivity contribution in [2.45, 2.75) is 0 Å². The van der Waals surface area contributed by atoms with Crippen molar-refractivity contribution < 1.29 is 14.3 Å². The van der Waals surface area contributed by atoms with Crippen LogP contribution in [0.25, 0.3) is 0 Å². The number of carbonyl (C=O) groups is 1. The number of urea groups is 1. The number of rotatable bonds is 5. The van der Waals surface area contributed by atoms with E-state index in [1.807, 2.05) is 42.5 Å². The van der Waals surface area contributed by atoms with Crippen LogP contribution in [-0.4, -0.2) is 13.1 Å². The molecule has 5 nitrogen and oxygen atoms in total. The summed E-state index contributed by atoms with van der Waals surface area (Å²) in [6.45, 7) is 0. The first-order valence-electron chi connectivity index (χ1n) is 7.89. The van der Waals surface area contributed by atoms with E-state index in [1.54, 1.807) is 30.3 Å². The summed E-state index contributed by atoms with van der Waals surface area (Å²) in [6.07, 6.45) is 0. The van der Waals surface area contributed by atoms with Crippen molar-refractivity contribution >= 4 is 29.0 Å². The summed E-state index contributed by atoms with van der Waals surface area (Å²) in [5.74, 6) is 1.73. The van der Waals surface area contributed by atoms with Gasteiger partial charge in [0.25, 0.3) is 0 Å². The lowest BCUT2D eigenvalue weighted by Gasteiger charge is -2.14. The van der Waals surface area contributed by atoms with E-state index in [0.717, 1.165) is 0 Å². The van der Waals surface area contributed by atoms with Gasteiger partial charge in [-0.1, -0.05) is 41.9 Å². The maximum absolute atomic E-state index is 12.4. The van der Waals surface area contributed by atoms with Crippen LogP contribution in [0.1, 0.15) is 0 Å². The second-order valence-electron chi connectivity index (χ2n) is 5.34. The summed E-state index contributed by atoms with van der Waals surface area (Å²) in [4.78, 5) is 12.4. The standard InChI is InChI=1S/C20H17ClN2O3/c1-25-18-12-11-14(21)13-17(18)23-20(24)22-16-9-5-6-10-19(16)26-15-7-3-2-4-8-15/h2-13H,1H3,(H2,22,23,24). The molecule has 26 heavy (non-hydrogen) atoms. The number of hydrogen-bond acceptors (Lipinski definition) is 3. The minimum Gasteiger partial charge on any atom is -0.495 e. The fraction of sp³-hybridized carbons (Fsp3) is 0.0500. The van der Waals surface area contributed by atoms with Crippen molar-refractivity contribution in [2.75, 3.05) is 17.7 Å². The second kappa shape index (κ2) is 8.27. The van der Waals surface area contributed by atoms with Crippen LogP contribution < -0.4 is 20.1 Å². The monoisotopic (exact) mass is 368 g/mol. The Labute approximate surface area is 156 Å². The number of anilines is 2. The summed E-state index contributed by atoms with van der Waals surface area (Å²) in [6, 6.07) is 21.1. The number of methoxy groups -OCH3 is 1. The van der Waals surface area contributed by atoms with Crippen LogP contribution in [0, 0.1) is 0 Å². The summed E-state index contributed by atoms with van der Waals surface area (Å²) in [7, 11) is 1.52. The van der Waals surface area contributed by atoms with Crippen molar-refractivity contribution in [3.05, 3.63) is 77.8 Å². The van der Waals surface area contributed by atoms with Crippen LogP contribution in [0.4, 0.5) is 16.2 Å². The first-order chi connectivity index (χ1) is 12.7. The van der Waals surface area contributed by atoms with Gasteiger partial charge in [0.15, 0.2) is 5.75 Å². The molecule has 0 aromatic heterocycles. The highest BCUT2D eigenvalue weighted by Crippen LogP contribution is 2.30. The van der Waals surface area contributed by atoms with Gasteiger partial charge < -0.3 is 20.1 Å². The van der Waals surface area contributed by atoms with E-state index in [0.29, 0.717) is 33.6 Å². The molecule has 0 heterocycles. The number of nitrogens with one attached hydrogen (secondary N) is 2. The van der Waals surface area contributed by atoms with Gasteiger partial charge in [0, 0.05) is 5.02 Å². The van der Waals surface area contributed by atoms with Crippen molar-refractivity contribution in [2.24, 2.45) is 0 Å². The highest BCUT2D eigenvalue weighted by Gasteiger charge is 2.11. The molecule has 132 valence electrons. The van der Waals surface area contributed by atoms with Gasteiger partial charge in [-0.15, -0.1) is 0 Å². The normalized spacial score (nSPS) is 10.1. The Bertz CT molecular complexity index is 901. The minimum absolute atomic E-state index is 0.435. The number of amides is 2. The molecule has 0 bridgehead atoms. The fourth-order valence-corrected chi connectivity index (χ4v) is 2.50. The summed E-state index contributed by atoms with van der Waals surface area (Å²) < 4.78 is 11.1. The maximum atomic E-state index is 12.4. The van der Waals surface area contributed by atoms with Crippen LogP contribution in [0.3, 0.4) is 0 Å². The van der Waals surface area contributed by atoms with Crippen LogP contribution in [-0.2, 0) is 0 Å². The van der Waals surface area contributed by atoms with E-state index < -0.39 is 6.03 Å². The summed E-state index contributed by atoms with van der Waals surface area (Å²) in [5, 5.41) is 6.00. The molecular weight excluding hydrogens is 352 g/mol. The van der Waals surface area contributed by atoms with Gasteiger partial charge in [0.05, 0.1) is 18.5 Å². The molecule has 3 aromatic rings. The Balaban J connectivity index is 1.75. The van der Waals surface area contributed by atoms with Crippen LogP contribution >= 0.6 is 11.6 Å². The molecule has 0 saturated heterocycles. The third-order valence-electron chi connectivity index (χ3n) is 3.52. The first-order valence-corrected chi connectivity index (χ1v) is 8.27. The lowest BCUT2D eigenvalue weighted by Crippen LogP contribution is -2.20. The zero-order valence-corrected chi connectivity index (χ0v) is 14.8. The Morgan fingerprint density at radius 3 is 2.31 bits per heavy atom. The van der Waals surface area contributed by atoms with Crippen molar-refractivity contribution in [3.63, 3.8) is 0 Å². The lowest BCUT2D eigenvalue weighted by molar-refractivity contribution is 0.262. The highest BCUT2D eigenvalue weighted by atomic mass is 35.5. The molecule has 0 fully saturated rings. The van der Waals surface area contributed by atoms with Gasteiger partial charge in [-0.05, 0) is 42.5 Å². The van der Waals surface area contributed by atoms with E-state index in [-0.39, 0.29) is 0 Å². The van der Waals surface area contributed by atoms with Crippen LogP contribution in [0.15, 0.2) is 72.8 Å². The average molecular weight is 369 g/mol. The third-order valence-corrected chi connectivity index (χ3v) is 3.75. The number of halogens is 1. The zero-order chi connectivity index (χ0) is 18.4.